The molecular weight excluding hydrogens is 332 g/mol. The fraction of sp³-hybridized carbons (Fsp3) is 0.211. The molecule has 0 unspecified atom stereocenters. The lowest BCUT2D eigenvalue weighted by molar-refractivity contribution is -0.116. The highest BCUT2D eigenvalue weighted by Gasteiger charge is 2.11. The first-order valence-corrected chi connectivity index (χ1v) is 8.24. The topological polar surface area (TPSA) is 113 Å². The van der Waals surface area contributed by atoms with Gasteiger partial charge in [0.2, 0.25) is 11.8 Å². The number of nitrogens with two attached hydrogens (primary N) is 1. The van der Waals surface area contributed by atoms with Gasteiger partial charge in [0.1, 0.15) is 0 Å². The van der Waals surface area contributed by atoms with E-state index in [0.29, 0.717) is 17.8 Å². The van der Waals surface area contributed by atoms with Crippen molar-refractivity contribution >= 4 is 34.8 Å². The van der Waals surface area contributed by atoms with Gasteiger partial charge in [-0.05, 0) is 36.8 Å². The van der Waals surface area contributed by atoms with Crippen molar-refractivity contribution in [1.82, 2.24) is 0 Å². The summed E-state index contributed by atoms with van der Waals surface area (Å²) in [6.45, 7) is 3.63. The molecule has 0 radical (unpaired) electrons. The van der Waals surface area contributed by atoms with Crippen LogP contribution in [0.15, 0.2) is 42.5 Å². The maximum atomic E-state index is 12.2. The summed E-state index contributed by atoms with van der Waals surface area (Å²) in [4.78, 5) is 35.2. The summed E-state index contributed by atoms with van der Waals surface area (Å²) >= 11 is 0. The minimum absolute atomic E-state index is 0.000879. The number of para-hydroxylation sites is 1. The summed E-state index contributed by atoms with van der Waals surface area (Å²) in [6.07, 6.45) is 0.388. The van der Waals surface area contributed by atoms with Crippen LogP contribution in [0.25, 0.3) is 0 Å². The molecule has 0 bridgehead atoms. The zero-order chi connectivity index (χ0) is 19.1. The van der Waals surface area contributed by atoms with Crippen LogP contribution < -0.4 is 21.7 Å². The third kappa shape index (κ3) is 4.83. The third-order valence-corrected chi connectivity index (χ3v) is 3.84. The predicted molar refractivity (Wildman–Crippen MR) is 102 cm³/mol. The van der Waals surface area contributed by atoms with Crippen molar-refractivity contribution in [3.8, 4) is 0 Å². The lowest BCUT2D eigenvalue weighted by Crippen LogP contribution is -2.24. The van der Waals surface area contributed by atoms with Crippen molar-refractivity contribution in [2.75, 3.05) is 22.5 Å². The van der Waals surface area contributed by atoms with Crippen LogP contribution in [-0.2, 0) is 9.59 Å². The van der Waals surface area contributed by atoms with E-state index in [9.17, 15) is 14.4 Å². The molecule has 0 heterocycles. The molecular formula is C19H22N4O3. The number of hydrogen-bond acceptors (Lipinski definition) is 4. The van der Waals surface area contributed by atoms with Gasteiger partial charge in [0.15, 0.2) is 0 Å². The summed E-state index contributed by atoms with van der Waals surface area (Å²) in [6, 6.07) is 12.0. The lowest BCUT2D eigenvalue weighted by Gasteiger charge is -2.14. The Labute approximate surface area is 152 Å². The Morgan fingerprint density at radius 2 is 1.50 bits per heavy atom. The van der Waals surface area contributed by atoms with E-state index in [-0.39, 0.29) is 23.9 Å². The Morgan fingerprint density at radius 1 is 0.885 bits per heavy atom. The normalized spacial score (nSPS) is 10.1. The molecule has 2 rings (SSSR count). The van der Waals surface area contributed by atoms with Gasteiger partial charge in [-0.25, -0.2) is 0 Å². The molecule has 0 saturated carbocycles. The summed E-state index contributed by atoms with van der Waals surface area (Å²) in [5.41, 5.74) is 8.18. The Morgan fingerprint density at radius 3 is 2.19 bits per heavy atom. The number of rotatable bonds is 7. The van der Waals surface area contributed by atoms with Gasteiger partial charge in [0.25, 0.3) is 5.91 Å². The van der Waals surface area contributed by atoms with Crippen molar-refractivity contribution in [2.24, 2.45) is 5.73 Å². The number of nitrogens with one attached hydrogen (secondary N) is 3. The fourth-order valence-corrected chi connectivity index (χ4v) is 2.38. The Bertz CT molecular complexity index is 833. The Hall–Kier alpha value is -3.35. The molecule has 0 spiro atoms. The molecule has 2 aromatic rings. The zero-order valence-electron chi connectivity index (χ0n) is 14.8. The minimum atomic E-state index is -0.607. The lowest BCUT2D eigenvalue weighted by atomic mass is 10.1. The molecule has 26 heavy (non-hydrogen) atoms. The van der Waals surface area contributed by atoms with Crippen LogP contribution in [0.1, 0.15) is 29.3 Å². The monoisotopic (exact) mass is 354 g/mol. The first-order valence-electron chi connectivity index (χ1n) is 8.24. The second-order valence-electron chi connectivity index (χ2n) is 5.69. The Balaban J connectivity index is 2.03. The molecule has 0 saturated heterocycles. The summed E-state index contributed by atoms with van der Waals surface area (Å²) in [5, 5.41) is 8.52. The van der Waals surface area contributed by atoms with E-state index in [1.54, 1.807) is 43.3 Å². The van der Waals surface area contributed by atoms with Crippen LogP contribution in [0, 0.1) is 6.92 Å². The molecule has 5 N–H and O–H groups in total. The maximum absolute atomic E-state index is 12.2. The highest BCUT2D eigenvalue weighted by atomic mass is 16.2. The van der Waals surface area contributed by atoms with E-state index in [1.807, 2.05) is 13.0 Å². The number of primary amides is 1. The van der Waals surface area contributed by atoms with E-state index in [2.05, 4.69) is 16.0 Å². The van der Waals surface area contributed by atoms with Crippen LogP contribution in [0.2, 0.25) is 0 Å². The number of carbonyl (C=O) groups is 3. The smallest absolute Gasteiger partial charge is 0.250 e. The Kier molecular flexibility index (Phi) is 6.32. The van der Waals surface area contributed by atoms with Gasteiger partial charge in [-0.15, -0.1) is 0 Å². The van der Waals surface area contributed by atoms with Crippen molar-refractivity contribution in [1.29, 1.82) is 0 Å². The number of carbonyl (C=O) groups excluding carboxylic acids is 3. The molecule has 0 aliphatic carbocycles. The largest absolute Gasteiger partial charge is 0.376 e. The standard InChI is InChI=1S/C19H22N4O3/c1-3-17(24)22-15-10-6-9-14(12(15)2)21-11-18(25)23-16-8-5-4-7-13(16)19(20)26/h4-10,21H,3,11H2,1-2H3,(H2,20,26)(H,22,24)(H,23,25). The van der Waals surface area contributed by atoms with Gasteiger partial charge in [-0.3, -0.25) is 14.4 Å². The summed E-state index contributed by atoms with van der Waals surface area (Å²) < 4.78 is 0. The van der Waals surface area contributed by atoms with Crippen molar-refractivity contribution < 1.29 is 14.4 Å². The van der Waals surface area contributed by atoms with Gasteiger partial charge >= 0.3 is 0 Å². The first kappa shape index (κ1) is 19.0. The van der Waals surface area contributed by atoms with E-state index in [4.69, 9.17) is 5.73 Å². The average molecular weight is 354 g/mol. The third-order valence-electron chi connectivity index (χ3n) is 3.84. The minimum Gasteiger partial charge on any atom is -0.376 e. The van der Waals surface area contributed by atoms with Crippen molar-refractivity contribution in [3.05, 3.63) is 53.6 Å². The molecule has 0 aliphatic rings. The molecule has 0 fully saturated rings. The summed E-state index contributed by atoms with van der Waals surface area (Å²) in [5.74, 6) is -1.00. The van der Waals surface area contributed by atoms with E-state index >= 15 is 0 Å². The van der Waals surface area contributed by atoms with Gasteiger partial charge in [0.05, 0.1) is 17.8 Å². The SMILES string of the molecule is CCC(=O)Nc1cccc(NCC(=O)Nc2ccccc2C(N)=O)c1C. The number of benzene rings is 2. The van der Waals surface area contributed by atoms with E-state index < -0.39 is 5.91 Å². The van der Waals surface area contributed by atoms with Crippen molar-refractivity contribution in [2.45, 2.75) is 20.3 Å². The average Bonchev–Trinajstić information content (AvgIpc) is 2.62. The first-order chi connectivity index (χ1) is 12.4. The van der Waals surface area contributed by atoms with E-state index in [0.717, 1.165) is 11.3 Å². The quantitative estimate of drug-likeness (QED) is 0.612. The molecule has 0 atom stereocenters. The highest BCUT2D eigenvalue weighted by Crippen LogP contribution is 2.23. The molecule has 7 nitrogen and oxygen atoms in total. The maximum Gasteiger partial charge on any atom is 0.250 e. The number of anilines is 3. The van der Waals surface area contributed by atoms with Gasteiger partial charge < -0.3 is 21.7 Å². The van der Waals surface area contributed by atoms with E-state index in [1.165, 1.54) is 0 Å². The molecule has 2 aromatic carbocycles. The second-order valence-corrected chi connectivity index (χ2v) is 5.69. The highest BCUT2D eigenvalue weighted by molar-refractivity contribution is 6.03. The molecule has 7 heteroatoms. The fourth-order valence-electron chi connectivity index (χ4n) is 2.38. The predicted octanol–water partition coefficient (Wildman–Crippen LogP) is 2.49. The molecule has 3 amide bonds. The van der Waals surface area contributed by atoms with Gasteiger partial charge in [-0.2, -0.15) is 0 Å². The van der Waals surface area contributed by atoms with Crippen LogP contribution in [0.4, 0.5) is 17.1 Å². The molecule has 0 aliphatic heterocycles. The summed E-state index contributed by atoms with van der Waals surface area (Å²) in [7, 11) is 0. The molecule has 136 valence electrons. The van der Waals surface area contributed by atoms with Crippen molar-refractivity contribution in [3.63, 3.8) is 0 Å². The number of amides is 3. The second kappa shape index (κ2) is 8.66. The van der Waals surface area contributed by atoms with Gasteiger partial charge in [0, 0.05) is 17.8 Å². The van der Waals surface area contributed by atoms with Crippen LogP contribution in [0.3, 0.4) is 0 Å². The number of hydrogen-bond donors (Lipinski definition) is 4. The van der Waals surface area contributed by atoms with Crippen LogP contribution in [0.5, 0.6) is 0 Å². The van der Waals surface area contributed by atoms with Crippen LogP contribution >= 0.6 is 0 Å². The van der Waals surface area contributed by atoms with Crippen LogP contribution in [-0.4, -0.2) is 24.3 Å². The zero-order valence-corrected chi connectivity index (χ0v) is 14.8. The molecule has 0 aromatic heterocycles. The van der Waals surface area contributed by atoms with Gasteiger partial charge in [-0.1, -0.05) is 25.1 Å².